The highest BCUT2D eigenvalue weighted by atomic mass is 15.1. The van der Waals surface area contributed by atoms with Crippen molar-refractivity contribution in [1.29, 1.82) is 0 Å². The van der Waals surface area contributed by atoms with Crippen molar-refractivity contribution in [3.8, 4) is 11.8 Å². The maximum Gasteiger partial charge on any atom is 0.0367 e. The molecule has 1 heteroatoms. The highest BCUT2D eigenvalue weighted by Crippen LogP contribution is 2.21. The average molecular weight is 285 g/mol. The molecule has 0 spiro atoms. The van der Waals surface area contributed by atoms with E-state index in [2.05, 4.69) is 98.4 Å². The lowest BCUT2D eigenvalue weighted by Crippen LogP contribution is -2.07. The molecule has 0 unspecified atom stereocenters. The summed E-state index contributed by atoms with van der Waals surface area (Å²) in [6, 6.07) is 21.2. The Balaban J connectivity index is 1.93. The van der Waals surface area contributed by atoms with Crippen molar-refractivity contribution in [3.63, 3.8) is 0 Å². The minimum atomic E-state index is 1.05. The predicted molar refractivity (Wildman–Crippen MR) is 95.4 cm³/mol. The zero-order valence-corrected chi connectivity index (χ0v) is 13.2. The van der Waals surface area contributed by atoms with E-state index in [1.54, 1.807) is 0 Å². The van der Waals surface area contributed by atoms with Gasteiger partial charge in [0.15, 0.2) is 0 Å². The van der Waals surface area contributed by atoms with Gasteiger partial charge in [0.1, 0.15) is 0 Å². The minimum absolute atomic E-state index is 1.05. The number of fused-ring (bicyclic) bond motifs is 1. The third-order valence-electron chi connectivity index (χ3n) is 3.74. The van der Waals surface area contributed by atoms with Gasteiger partial charge in [0.05, 0.1) is 0 Å². The molecule has 0 saturated carbocycles. The van der Waals surface area contributed by atoms with E-state index in [1.165, 1.54) is 22.0 Å². The molecular formula is C21H19N. The standard InChI is InChI=1S/C21H19N/c1-16-4-6-17(7-5-16)8-9-18-10-11-20-15-21(22(2)3)13-12-19(20)14-18/h4-7,10-15H,1-3H3. The van der Waals surface area contributed by atoms with Gasteiger partial charge in [0, 0.05) is 30.9 Å². The SMILES string of the molecule is Cc1ccc(C#Cc2ccc3cc(N(C)C)ccc3c2)cc1. The molecular weight excluding hydrogens is 266 g/mol. The summed E-state index contributed by atoms with van der Waals surface area (Å²) < 4.78 is 0. The Morgan fingerprint density at radius 2 is 1.27 bits per heavy atom. The van der Waals surface area contributed by atoms with Crippen molar-refractivity contribution in [2.75, 3.05) is 19.0 Å². The van der Waals surface area contributed by atoms with Gasteiger partial charge >= 0.3 is 0 Å². The summed E-state index contributed by atoms with van der Waals surface area (Å²) >= 11 is 0. The number of nitrogens with zero attached hydrogens (tertiary/aromatic N) is 1. The average Bonchev–Trinajstić information content (AvgIpc) is 2.53. The number of hydrogen-bond donors (Lipinski definition) is 0. The zero-order valence-electron chi connectivity index (χ0n) is 13.2. The van der Waals surface area contributed by atoms with Crippen LogP contribution in [-0.4, -0.2) is 14.1 Å². The van der Waals surface area contributed by atoms with Gasteiger partial charge in [0.25, 0.3) is 0 Å². The molecule has 0 amide bonds. The second kappa shape index (κ2) is 5.95. The second-order valence-corrected chi connectivity index (χ2v) is 5.76. The first kappa shape index (κ1) is 14.2. The maximum absolute atomic E-state index is 3.25. The van der Waals surface area contributed by atoms with Gasteiger partial charge in [-0.25, -0.2) is 0 Å². The summed E-state index contributed by atoms with van der Waals surface area (Å²) in [7, 11) is 4.12. The molecule has 108 valence electrons. The predicted octanol–water partition coefficient (Wildman–Crippen LogP) is 4.61. The summed E-state index contributed by atoms with van der Waals surface area (Å²) in [5.74, 6) is 6.47. The van der Waals surface area contributed by atoms with Crippen LogP contribution >= 0.6 is 0 Å². The van der Waals surface area contributed by atoms with E-state index in [0.29, 0.717) is 0 Å². The van der Waals surface area contributed by atoms with Gasteiger partial charge in [-0.1, -0.05) is 41.7 Å². The van der Waals surface area contributed by atoms with Crippen LogP contribution in [0, 0.1) is 18.8 Å². The van der Waals surface area contributed by atoms with Gasteiger partial charge < -0.3 is 4.90 Å². The molecule has 3 aromatic carbocycles. The third-order valence-corrected chi connectivity index (χ3v) is 3.74. The molecule has 0 aliphatic heterocycles. The summed E-state index contributed by atoms with van der Waals surface area (Å²) in [5, 5.41) is 2.47. The van der Waals surface area contributed by atoms with Crippen LogP contribution in [0.15, 0.2) is 60.7 Å². The number of benzene rings is 3. The van der Waals surface area contributed by atoms with E-state index in [9.17, 15) is 0 Å². The van der Waals surface area contributed by atoms with Crippen molar-refractivity contribution in [2.24, 2.45) is 0 Å². The number of hydrogen-bond acceptors (Lipinski definition) is 1. The monoisotopic (exact) mass is 285 g/mol. The lowest BCUT2D eigenvalue weighted by atomic mass is 10.1. The van der Waals surface area contributed by atoms with E-state index >= 15 is 0 Å². The molecule has 0 atom stereocenters. The molecule has 0 fully saturated rings. The van der Waals surface area contributed by atoms with Crippen LogP contribution in [0.4, 0.5) is 5.69 Å². The molecule has 0 aromatic heterocycles. The fraction of sp³-hybridized carbons (Fsp3) is 0.143. The minimum Gasteiger partial charge on any atom is -0.378 e. The van der Waals surface area contributed by atoms with Crippen molar-refractivity contribution >= 4 is 16.5 Å². The Morgan fingerprint density at radius 3 is 2.00 bits per heavy atom. The lowest BCUT2D eigenvalue weighted by molar-refractivity contribution is 1.14. The highest BCUT2D eigenvalue weighted by molar-refractivity contribution is 5.87. The summed E-state index contributed by atoms with van der Waals surface area (Å²) in [5.41, 5.74) is 4.57. The van der Waals surface area contributed by atoms with Gasteiger partial charge in [-0.15, -0.1) is 0 Å². The molecule has 0 saturated heterocycles. The van der Waals surface area contributed by atoms with Crippen molar-refractivity contribution in [2.45, 2.75) is 6.92 Å². The van der Waals surface area contributed by atoms with Crippen LogP contribution in [-0.2, 0) is 0 Å². The van der Waals surface area contributed by atoms with E-state index < -0.39 is 0 Å². The van der Waals surface area contributed by atoms with Crippen LogP contribution in [0.5, 0.6) is 0 Å². The summed E-state index contributed by atoms with van der Waals surface area (Å²) in [4.78, 5) is 2.12. The van der Waals surface area contributed by atoms with E-state index in [0.717, 1.165) is 11.1 Å². The van der Waals surface area contributed by atoms with E-state index in [-0.39, 0.29) is 0 Å². The number of anilines is 1. The molecule has 0 N–H and O–H groups in total. The Labute approximate surface area is 132 Å². The first-order valence-electron chi connectivity index (χ1n) is 7.42. The van der Waals surface area contributed by atoms with Crippen molar-refractivity contribution in [1.82, 2.24) is 0 Å². The van der Waals surface area contributed by atoms with Crippen molar-refractivity contribution in [3.05, 3.63) is 77.4 Å². The number of rotatable bonds is 1. The van der Waals surface area contributed by atoms with E-state index in [4.69, 9.17) is 0 Å². The fourth-order valence-electron chi connectivity index (χ4n) is 2.37. The van der Waals surface area contributed by atoms with E-state index in [1.807, 2.05) is 0 Å². The Morgan fingerprint density at radius 1 is 0.682 bits per heavy atom. The fourth-order valence-corrected chi connectivity index (χ4v) is 2.37. The van der Waals surface area contributed by atoms with Gasteiger partial charge in [-0.3, -0.25) is 0 Å². The van der Waals surface area contributed by atoms with Crippen LogP contribution in [0.3, 0.4) is 0 Å². The molecule has 0 heterocycles. The molecule has 0 aliphatic carbocycles. The Hall–Kier alpha value is -2.72. The summed E-state index contributed by atoms with van der Waals surface area (Å²) in [6.07, 6.45) is 0. The maximum atomic E-state index is 3.25. The normalized spacial score (nSPS) is 10.1. The first-order valence-corrected chi connectivity index (χ1v) is 7.42. The molecule has 3 aromatic rings. The number of aryl methyl sites for hydroxylation is 1. The van der Waals surface area contributed by atoms with Crippen LogP contribution < -0.4 is 4.90 Å². The van der Waals surface area contributed by atoms with Crippen LogP contribution in [0.2, 0.25) is 0 Å². The molecule has 0 aliphatic rings. The highest BCUT2D eigenvalue weighted by Gasteiger charge is 1.99. The largest absolute Gasteiger partial charge is 0.378 e. The molecule has 22 heavy (non-hydrogen) atoms. The third kappa shape index (κ3) is 3.13. The topological polar surface area (TPSA) is 3.24 Å². The Kier molecular flexibility index (Phi) is 3.85. The smallest absolute Gasteiger partial charge is 0.0367 e. The van der Waals surface area contributed by atoms with Crippen molar-refractivity contribution < 1.29 is 0 Å². The van der Waals surface area contributed by atoms with Gasteiger partial charge in [0.2, 0.25) is 0 Å². The van der Waals surface area contributed by atoms with Crippen LogP contribution in [0.25, 0.3) is 10.8 Å². The van der Waals surface area contributed by atoms with Gasteiger partial charge in [-0.05, 0) is 54.1 Å². The Bertz CT molecular complexity index is 862. The quantitative estimate of drug-likeness (QED) is 0.590. The first-order chi connectivity index (χ1) is 10.6. The second-order valence-electron chi connectivity index (χ2n) is 5.76. The molecule has 1 nitrogen and oxygen atoms in total. The zero-order chi connectivity index (χ0) is 15.5. The summed E-state index contributed by atoms with van der Waals surface area (Å²) in [6.45, 7) is 2.09. The molecule has 0 radical (unpaired) electrons. The lowest BCUT2D eigenvalue weighted by Gasteiger charge is -2.13. The van der Waals surface area contributed by atoms with Crippen LogP contribution in [0.1, 0.15) is 16.7 Å². The van der Waals surface area contributed by atoms with Gasteiger partial charge in [-0.2, -0.15) is 0 Å². The molecule has 0 bridgehead atoms. The molecule has 3 rings (SSSR count).